The van der Waals surface area contributed by atoms with Gasteiger partial charge < -0.3 is 9.88 Å². The maximum Gasteiger partial charge on any atom is 0.147 e. The van der Waals surface area contributed by atoms with E-state index in [1.54, 1.807) is 6.07 Å². The molecule has 1 atom stereocenters. The van der Waals surface area contributed by atoms with E-state index in [9.17, 15) is 4.39 Å². The molecule has 2 aromatic rings. The van der Waals surface area contributed by atoms with Crippen LogP contribution < -0.4 is 5.32 Å². The van der Waals surface area contributed by atoms with E-state index in [0.717, 1.165) is 35.9 Å². The average Bonchev–Trinajstić information content (AvgIpc) is 2.86. The third kappa shape index (κ3) is 1.57. The molecule has 1 aliphatic rings. The fourth-order valence-electron chi connectivity index (χ4n) is 3.14. The minimum Gasteiger partial charge on any atom is -0.348 e. The summed E-state index contributed by atoms with van der Waals surface area (Å²) >= 11 is 0. The van der Waals surface area contributed by atoms with E-state index in [2.05, 4.69) is 18.3 Å². The van der Waals surface area contributed by atoms with Crippen LogP contribution >= 0.6 is 0 Å². The molecule has 1 fully saturated rings. The van der Waals surface area contributed by atoms with E-state index in [-0.39, 0.29) is 11.4 Å². The van der Waals surface area contributed by atoms with Gasteiger partial charge >= 0.3 is 0 Å². The number of halogens is 1. The second kappa shape index (κ2) is 3.82. The van der Waals surface area contributed by atoms with Gasteiger partial charge in [0.25, 0.3) is 0 Å². The van der Waals surface area contributed by atoms with Gasteiger partial charge in [0, 0.05) is 24.2 Å². The van der Waals surface area contributed by atoms with Crippen molar-refractivity contribution >= 4 is 10.9 Å². The smallest absolute Gasteiger partial charge is 0.147 e. The molecule has 1 saturated heterocycles. The molecule has 96 valence electrons. The molecule has 0 aliphatic carbocycles. The molecule has 0 saturated carbocycles. The summed E-state index contributed by atoms with van der Waals surface area (Å²) in [7, 11) is 1.90. The van der Waals surface area contributed by atoms with Crippen molar-refractivity contribution < 1.29 is 4.39 Å². The second-order valence-electron chi connectivity index (χ2n) is 5.64. The van der Waals surface area contributed by atoms with E-state index in [0.29, 0.717) is 5.52 Å². The summed E-state index contributed by atoms with van der Waals surface area (Å²) in [6, 6.07) is 3.84. The quantitative estimate of drug-likeness (QED) is 0.817. The zero-order valence-electron chi connectivity index (χ0n) is 11.2. The standard InChI is InChI=1S/C15H19FN2/c1-10-9-18(3)14-12(10)7-11(8-13(14)16)15(2)5-4-6-17-15/h7-9,17H,4-6H2,1-3H3. The molecule has 2 heterocycles. The summed E-state index contributed by atoms with van der Waals surface area (Å²) in [6.07, 6.45) is 4.22. The first-order chi connectivity index (χ1) is 8.51. The Kier molecular flexibility index (Phi) is 2.49. The highest BCUT2D eigenvalue weighted by atomic mass is 19.1. The van der Waals surface area contributed by atoms with Crippen molar-refractivity contribution in [3.8, 4) is 0 Å². The van der Waals surface area contributed by atoms with Crippen molar-refractivity contribution in [2.24, 2.45) is 7.05 Å². The van der Waals surface area contributed by atoms with Gasteiger partial charge in [-0.15, -0.1) is 0 Å². The lowest BCUT2D eigenvalue weighted by Crippen LogP contribution is -2.33. The summed E-state index contributed by atoms with van der Waals surface area (Å²) in [5, 5.41) is 4.52. The Morgan fingerprint density at radius 1 is 1.39 bits per heavy atom. The Labute approximate surface area is 107 Å². The molecule has 1 aliphatic heterocycles. The first kappa shape index (κ1) is 11.7. The van der Waals surface area contributed by atoms with E-state index in [1.165, 1.54) is 0 Å². The van der Waals surface area contributed by atoms with Gasteiger partial charge in [-0.25, -0.2) is 4.39 Å². The zero-order valence-corrected chi connectivity index (χ0v) is 11.2. The molecule has 1 N–H and O–H groups in total. The topological polar surface area (TPSA) is 17.0 Å². The largest absolute Gasteiger partial charge is 0.348 e. The normalized spacial score (nSPS) is 24.0. The van der Waals surface area contributed by atoms with Crippen molar-refractivity contribution in [2.45, 2.75) is 32.2 Å². The van der Waals surface area contributed by atoms with Gasteiger partial charge in [-0.3, -0.25) is 0 Å². The predicted molar refractivity (Wildman–Crippen MR) is 72.2 cm³/mol. The fourth-order valence-corrected chi connectivity index (χ4v) is 3.14. The van der Waals surface area contributed by atoms with E-state index >= 15 is 0 Å². The molecule has 0 bridgehead atoms. The van der Waals surface area contributed by atoms with Gasteiger partial charge in [-0.05, 0) is 56.5 Å². The van der Waals surface area contributed by atoms with E-state index < -0.39 is 0 Å². The van der Waals surface area contributed by atoms with Gasteiger partial charge in [0.1, 0.15) is 5.82 Å². The van der Waals surface area contributed by atoms with Gasteiger partial charge in [0.2, 0.25) is 0 Å². The third-order valence-electron chi connectivity index (χ3n) is 4.23. The molecular weight excluding hydrogens is 227 g/mol. The SMILES string of the molecule is Cc1cn(C)c2c(F)cc(C3(C)CCCN3)cc12. The highest BCUT2D eigenvalue weighted by molar-refractivity contribution is 5.85. The van der Waals surface area contributed by atoms with E-state index in [4.69, 9.17) is 0 Å². The van der Waals surface area contributed by atoms with Crippen LogP contribution in [0.4, 0.5) is 4.39 Å². The number of hydrogen-bond acceptors (Lipinski definition) is 1. The number of nitrogens with one attached hydrogen (secondary N) is 1. The highest BCUT2D eigenvalue weighted by Gasteiger charge is 2.31. The van der Waals surface area contributed by atoms with Crippen LogP contribution in [-0.2, 0) is 12.6 Å². The summed E-state index contributed by atoms with van der Waals surface area (Å²) < 4.78 is 16.2. The van der Waals surface area contributed by atoms with Gasteiger partial charge in [-0.2, -0.15) is 0 Å². The molecule has 1 aromatic heterocycles. The predicted octanol–water partition coefficient (Wildman–Crippen LogP) is 3.22. The van der Waals surface area contributed by atoms with Crippen LogP contribution in [-0.4, -0.2) is 11.1 Å². The highest BCUT2D eigenvalue weighted by Crippen LogP contribution is 2.34. The minimum absolute atomic E-state index is 0.0721. The average molecular weight is 246 g/mol. The summed E-state index contributed by atoms with van der Waals surface area (Å²) in [6.45, 7) is 5.22. The molecule has 0 spiro atoms. The third-order valence-corrected chi connectivity index (χ3v) is 4.23. The fraction of sp³-hybridized carbons (Fsp3) is 0.467. The molecule has 1 unspecified atom stereocenters. The lowest BCUT2D eigenvalue weighted by Gasteiger charge is -2.25. The van der Waals surface area contributed by atoms with Crippen LogP contribution in [0, 0.1) is 12.7 Å². The van der Waals surface area contributed by atoms with Crippen LogP contribution in [0.1, 0.15) is 30.9 Å². The zero-order chi connectivity index (χ0) is 12.9. The number of benzene rings is 1. The van der Waals surface area contributed by atoms with Crippen molar-refractivity contribution in [1.82, 2.24) is 9.88 Å². The van der Waals surface area contributed by atoms with Crippen LogP contribution in [0.15, 0.2) is 18.3 Å². The van der Waals surface area contributed by atoms with Gasteiger partial charge in [0.15, 0.2) is 0 Å². The maximum atomic E-state index is 14.3. The monoisotopic (exact) mass is 246 g/mol. The Morgan fingerprint density at radius 3 is 2.83 bits per heavy atom. The van der Waals surface area contributed by atoms with Crippen LogP contribution in [0.5, 0.6) is 0 Å². The molecule has 3 rings (SSSR count). The Hall–Kier alpha value is -1.35. The molecular formula is C15H19FN2. The lowest BCUT2D eigenvalue weighted by atomic mass is 9.89. The van der Waals surface area contributed by atoms with Crippen LogP contribution in [0.2, 0.25) is 0 Å². The molecule has 0 radical (unpaired) electrons. The maximum absolute atomic E-state index is 14.3. The van der Waals surface area contributed by atoms with E-state index in [1.807, 2.05) is 24.7 Å². The number of aromatic nitrogens is 1. The second-order valence-corrected chi connectivity index (χ2v) is 5.64. The minimum atomic E-state index is -0.118. The number of aryl methyl sites for hydroxylation is 2. The molecule has 2 nitrogen and oxygen atoms in total. The number of nitrogens with zero attached hydrogens (tertiary/aromatic N) is 1. The lowest BCUT2D eigenvalue weighted by molar-refractivity contribution is 0.432. The summed E-state index contributed by atoms with van der Waals surface area (Å²) in [5.41, 5.74) is 2.84. The van der Waals surface area contributed by atoms with Crippen molar-refractivity contribution in [2.75, 3.05) is 6.54 Å². The first-order valence-corrected chi connectivity index (χ1v) is 6.52. The molecule has 0 amide bonds. The number of hydrogen-bond donors (Lipinski definition) is 1. The number of fused-ring (bicyclic) bond motifs is 1. The van der Waals surface area contributed by atoms with Crippen molar-refractivity contribution in [1.29, 1.82) is 0 Å². The van der Waals surface area contributed by atoms with Gasteiger partial charge in [-0.1, -0.05) is 0 Å². The summed E-state index contributed by atoms with van der Waals surface area (Å²) in [4.78, 5) is 0. The molecule has 18 heavy (non-hydrogen) atoms. The van der Waals surface area contributed by atoms with Gasteiger partial charge in [0.05, 0.1) is 5.52 Å². The first-order valence-electron chi connectivity index (χ1n) is 6.52. The Balaban J connectivity index is 2.24. The van der Waals surface area contributed by atoms with Crippen LogP contribution in [0.3, 0.4) is 0 Å². The van der Waals surface area contributed by atoms with Crippen LogP contribution in [0.25, 0.3) is 10.9 Å². The molecule has 3 heteroatoms. The Morgan fingerprint density at radius 2 is 2.17 bits per heavy atom. The van der Waals surface area contributed by atoms with Crippen molar-refractivity contribution in [3.63, 3.8) is 0 Å². The Bertz CT molecular complexity index is 606. The number of rotatable bonds is 1. The molecule has 1 aromatic carbocycles. The van der Waals surface area contributed by atoms with Crippen molar-refractivity contribution in [3.05, 3.63) is 35.3 Å². The summed E-state index contributed by atoms with van der Waals surface area (Å²) in [5.74, 6) is -0.118.